The van der Waals surface area contributed by atoms with Gasteiger partial charge in [0, 0.05) is 18.9 Å². The van der Waals surface area contributed by atoms with Crippen molar-refractivity contribution in [2.45, 2.75) is 45.6 Å². The highest BCUT2D eigenvalue weighted by Crippen LogP contribution is 2.32. The highest BCUT2D eigenvalue weighted by molar-refractivity contribution is 7.13. The molecule has 0 bridgehead atoms. The number of likely N-dealkylation sites (tertiary alicyclic amines) is 1. The summed E-state index contributed by atoms with van der Waals surface area (Å²) in [7, 11) is 0. The first-order chi connectivity index (χ1) is 10.7. The van der Waals surface area contributed by atoms with Gasteiger partial charge in [0.25, 0.3) is 5.91 Å². The Balaban J connectivity index is 1.94. The summed E-state index contributed by atoms with van der Waals surface area (Å²) < 4.78 is 0. The van der Waals surface area contributed by atoms with E-state index in [0.29, 0.717) is 0 Å². The smallest absolute Gasteiger partial charge is 0.266 e. The van der Waals surface area contributed by atoms with Gasteiger partial charge in [-0.2, -0.15) is 0 Å². The average molecular weight is 315 g/mol. The third-order valence-corrected chi connectivity index (χ3v) is 5.26. The van der Waals surface area contributed by atoms with Crippen molar-refractivity contribution in [3.63, 3.8) is 0 Å². The van der Waals surface area contributed by atoms with Gasteiger partial charge in [0.05, 0.1) is 16.7 Å². The third-order valence-electron chi connectivity index (χ3n) is 4.20. The van der Waals surface area contributed by atoms with Crippen molar-refractivity contribution in [2.24, 2.45) is 0 Å². The van der Waals surface area contributed by atoms with Crippen molar-refractivity contribution < 1.29 is 4.79 Å². The fourth-order valence-corrected chi connectivity index (χ4v) is 4.02. The van der Waals surface area contributed by atoms with Crippen molar-refractivity contribution in [2.75, 3.05) is 6.54 Å². The fourth-order valence-electron chi connectivity index (χ4n) is 3.14. The summed E-state index contributed by atoms with van der Waals surface area (Å²) in [5, 5.41) is 0.955. The zero-order chi connectivity index (χ0) is 15.5. The molecular weight excluding hydrogens is 294 g/mol. The van der Waals surface area contributed by atoms with Crippen molar-refractivity contribution in [1.29, 1.82) is 0 Å². The predicted octanol–water partition coefficient (Wildman–Crippen LogP) is 3.91. The van der Waals surface area contributed by atoms with Crippen LogP contribution in [0.4, 0.5) is 0 Å². The van der Waals surface area contributed by atoms with Crippen LogP contribution in [0.15, 0.2) is 24.5 Å². The van der Waals surface area contributed by atoms with E-state index >= 15 is 0 Å². The van der Waals surface area contributed by atoms with Gasteiger partial charge in [0.1, 0.15) is 4.88 Å². The van der Waals surface area contributed by atoms with Crippen molar-refractivity contribution in [3.8, 4) is 0 Å². The highest BCUT2D eigenvalue weighted by Gasteiger charge is 2.29. The lowest BCUT2D eigenvalue weighted by Gasteiger charge is -2.30. The molecule has 5 heteroatoms. The Morgan fingerprint density at radius 1 is 1.23 bits per heavy atom. The van der Waals surface area contributed by atoms with Crippen molar-refractivity contribution >= 4 is 17.2 Å². The minimum Gasteiger partial charge on any atom is -0.331 e. The molecule has 1 aliphatic rings. The van der Waals surface area contributed by atoms with E-state index in [-0.39, 0.29) is 11.9 Å². The molecule has 3 heterocycles. The van der Waals surface area contributed by atoms with Crippen molar-refractivity contribution in [1.82, 2.24) is 14.9 Å². The number of amides is 1. The van der Waals surface area contributed by atoms with E-state index in [1.54, 1.807) is 0 Å². The third kappa shape index (κ3) is 3.04. The SMILES string of the molecule is Cc1nc(C)c(C(=O)N2CCCCC[C@@H]2c2ccncc2)s1. The zero-order valence-corrected chi connectivity index (χ0v) is 13.9. The van der Waals surface area contributed by atoms with Crippen LogP contribution in [0.1, 0.15) is 57.7 Å². The minimum absolute atomic E-state index is 0.131. The molecule has 4 nitrogen and oxygen atoms in total. The number of rotatable bonds is 2. The van der Waals surface area contributed by atoms with Crippen LogP contribution in [0.2, 0.25) is 0 Å². The summed E-state index contributed by atoms with van der Waals surface area (Å²) in [4.78, 5) is 24.4. The van der Waals surface area contributed by atoms with Gasteiger partial charge in [0.15, 0.2) is 0 Å². The quantitative estimate of drug-likeness (QED) is 0.844. The molecule has 2 aromatic rings. The normalized spacial score (nSPS) is 19.0. The number of hydrogen-bond acceptors (Lipinski definition) is 4. The molecule has 116 valence electrons. The number of pyridine rings is 1. The van der Waals surface area contributed by atoms with Crippen LogP contribution in [0.5, 0.6) is 0 Å². The van der Waals surface area contributed by atoms with Gasteiger partial charge in [-0.15, -0.1) is 11.3 Å². The van der Waals surface area contributed by atoms with E-state index in [0.717, 1.165) is 41.4 Å². The Kier molecular flexibility index (Phi) is 4.52. The number of aryl methyl sites for hydroxylation is 2. The lowest BCUT2D eigenvalue weighted by molar-refractivity contribution is 0.0685. The Hall–Kier alpha value is -1.75. The van der Waals surface area contributed by atoms with E-state index in [9.17, 15) is 4.79 Å². The van der Waals surface area contributed by atoms with E-state index in [1.807, 2.05) is 43.3 Å². The predicted molar refractivity (Wildman–Crippen MR) is 88.1 cm³/mol. The van der Waals surface area contributed by atoms with Gasteiger partial charge in [-0.1, -0.05) is 12.8 Å². The lowest BCUT2D eigenvalue weighted by Crippen LogP contribution is -2.34. The molecule has 0 unspecified atom stereocenters. The maximum absolute atomic E-state index is 13.1. The summed E-state index contributed by atoms with van der Waals surface area (Å²) in [6.07, 6.45) is 8.07. The highest BCUT2D eigenvalue weighted by atomic mass is 32.1. The van der Waals surface area contributed by atoms with Crippen LogP contribution in [0.25, 0.3) is 0 Å². The molecule has 1 saturated heterocycles. The standard InChI is InChI=1S/C17H21N3OS/c1-12-16(22-13(2)19-12)17(21)20-11-5-3-4-6-15(20)14-7-9-18-10-8-14/h7-10,15H,3-6,11H2,1-2H3/t15-/m1/s1. The Labute approximate surface area is 135 Å². The molecule has 3 rings (SSSR count). The number of thiazole rings is 1. The second kappa shape index (κ2) is 6.57. The maximum Gasteiger partial charge on any atom is 0.266 e. The summed E-state index contributed by atoms with van der Waals surface area (Å²) >= 11 is 1.51. The number of carbonyl (C=O) groups is 1. The second-order valence-electron chi connectivity index (χ2n) is 5.79. The first-order valence-corrected chi connectivity index (χ1v) is 8.63. The molecule has 1 aliphatic heterocycles. The van der Waals surface area contributed by atoms with E-state index in [2.05, 4.69) is 9.97 Å². The summed E-state index contributed by atoms with van der Waals surface area (Å²) in [6, 6.07) is 4.21. The van der Waals surface area contributed by atoms with Crippen LogP contribution in [-0.4, -0.2) is 27.3 Å². The lowest BCUT2D eigenvalue weighted by atomic mass is 10.0. The molecule has 0 saturated carbocycles. The minimum atomic E-state index is 0.131. The van der Waals surface area contributed by atoms with Gasteiger partial charge in [-0.3, -0.25) is 9.78 Å². The topological polar surface area (TPSA) is 46.1 Å². The molecule has 1 fully saturated rings. The molecule has 2 aromatic heterocycles. The molecule has 0 N–H and O–H groups in total. The number of aromatic nitrogens is 2. The summed E-state index contributed by atoms with van der Waals surface area (Å²) in [6.45, 7) is 4.70. The van der Waals surface area contributed by atoms with Gasteiger partial charge >= 0.3 is 0 Å². The van der Waals surface area contributed by atoms with E-state index in [1.165, 1.54) is 23.3 Å². The molecule has 0 spiro atoms. The van der Waals surface area contributed by atoms with Gasteiger partial charge in [-0.25, -0.2) is 4.98 Å². The maximum atomic E-state index is 13.1. The Bertz CT molecular complexity index is 653. The van der Waals surface area contributed by atoms with E-state index in [4.69, 9.17) is 0 Å². The molecule has 0 aliphatic carbocycles. The number of nitrogens with zero attached hydrogens (tertiary/aromatic N) is 3. The van der Waals surface area contributed by atoms with Gasteiger partial charge < -0.3 is 4.90 Å². The number of hydrogen-bond donors (Lipinski definition) is 0. The average Bonchev–Trinajstić information content (AvgIpc) is 2.74. The largest absolute Gasteiger partial charge is 0.331 e. The Morgan fingerprint density at radius 3 is 2.68 bits per heavy atom. The van der Waals surface area contributed by atoms with Crippen LogP contribution >= 0.6 is 11.3 Å². The van der Waals surface area contributed by atoms with Crippen LogP contribution < -0.4 is 0 Å². The van der Waals surface area contributed by atoms with Crippen LogP contribution in [-0.2, 0) is 0 Å². The summed E-state index contributed by atoms with van der Waals surface area (Å²) in [5.41, 5.74) is 2.04. The number of carbonyl (C=O) groups excluding carboxylic acids is 1. The first-order valence-electron chi connectivity index (χ1n) is 7.81. The van der Waals surface area contributed by atoms with E-state index < -0.39 is 0 Å². The molecule has 22 heavy (non-hydrogen) atoms. The molecular formula is C17H21N3OS. The Morgan fingerprint density at radius 2 is 2.00 bits per heavy atom. The molecule has 1 amide bonds. The van der Waals surface area contributed by atoms with Crippen LogP contribution in [0.3, 0.4) is 0 Å². The monoisotopic (exact) mass is 315 g/mol. The van der Waals surface area contributed by atoms with Gasteiger partial charge in [-0.05, 0) is 44.4 Å². The first kappa shape index (κ1) is 15.2. The fraction of sp³-hybridized carbons (Fsp3) is 0.471. The molecule has 1 atom stereocenters. The van der Waals surface area contributed by atoms with Gasteiger partial charge in [0.2, 0.25) is 0 Å². The van der Waals surface area contributed by atoms with Crippen molar-refractivity contribution in [3.05, 3.63) is 45.7 Å². The zero-order valence-electron chi connectivity index (χ0n) is 13.1. The second-order valence-corrected chi connectivity index (χ2v) is 6.99. The molecule has 0 radical (unpaired) electrons. The summed E-state index contributed by atoms with van der Waals surface area (Å²) in [5.74, 6) is 0.131. The van der Waals surface area contributed by atoms with Crippen LogP contribution in [0, 0.1) is 13.8 Å². The molecule has 0 aromatic carbocycles.